The second-order valence-corrected chi connectivity index (χ2v) is 5.63. The topological polar surface area (TPSA) is 31.7 Å². The first-order valence-corrected chi connectivity index (χ1v) is 7.80. The Morgan fingerprint density at radius 3 is 2.55 bits per heavy atom. The number of nitrogens with one attached hydrogen (secondary N) is 1. The minimum absolute atomic E-state index is 0.837. The van der Waals surface area contributed by atoms with E-state index in [4.69, 9.17) is 4.42 Å². The Morgan fingerprint density at radius 1 is 1.10 bits per heavy atom. The lowest BCUT2D eigenvalue weighted by molar-refractivity contribution is 0.232. The van der Waals surface area contributed by atoms with Gasteiger partial charge in [-0.15, -0.1) is 0 Å². The molecule has 4 heteroatoms. The average molecular weight is 281 g/mol. The number of hydrogen-bond acceptors (Lipinski definition) is 4. The van der Waals surface area contributed by atoms with Crippen LogP contribution in [-0.4, -0.2) is 50.1 Å². The van der Waals surface area contributed by atoms with E-state index in [1.165, 1.54) is 12.0 Å². The molecule has 0 amide bonds. The van der Waals surface area contributed by atoms with Crippen LogP contribution in [-0.2, 0) is 13.1 Å². The fourth-order valence-corrected chi connectivity index (χ4v) is 2.21. The summed E-state index contributed by atoms with van der Waals surface area (Å²) >= 11 is 0. The molecule has 0 aromatic carbocycles. The van der Waals surface area contributed by atoms with Crippen molar-refractivity contribution in [2.45, 2.75) is 39.8 Å². The lowest BCUT2D eigenvalue weighted by atomic mass is 10.2. The van der Waals surface area contributed by atoms with E-state index in [9.17, 15) is 0 Å². The minimum Gasteiger partial charge on any atom is -0.468 e. The lowest BCUT2D eigenvalue weighted by Crippen LogP contribution is -2.32. The molecule has 0 aliphatic rings. The first-order chi connectivity index (χ1) is 9.67. The Morgan fingerprint density at radius 2 is 1.90 bits per heavy atom. The average Bonchev–Trinajstić information content (AvgIpc) is 2.84. The zero-order chi connectivity index (χ0) is 14.8. The quantitative estimate of drug-likeness (QED) is 0.632. The van der Waals surface area contributed by atoms with E-state index in [1.54, 1.807) is 0 Å². The van der Waals surface area contributed by atoms with E-state index in [-0.39, 0.29) is 0 Å². The highest BCUT2D eigenvalue weighted by atomic mass is 16.3. The second-order valence-electron chi connectivity index (χ2n) is 5.63. The van der Waals surface area contributed by atoms with Gasteiger partial charge in [0.25, 0.3) is 0 Å². The van der Waals surface area contributed by atoms with Crippen molar-refractivity contribution in [3.63, 3.8) is 0 Å². The Hall–Kier alpha value is -0.840. The summed E-state index contributed by atoms with van der Waals surface area (Å²) in [5, 5.41) is 3.41. The number of furan rings is 1. The lowest BCUT2D eigenvalue weighted by Gasteiger charge is -2.23. The Bertz CT molecular complexity index is 349. The molecule has 1 rings (SSSR count). The normalized spacial score (nSPS) is 11.7. The summed E-state index contributed by atoms with van der Waals surface area (Å²) < 4.78 is 5.62. The molecule has 0 aliphatic heterocycles. The third-order valence-corrected chi connectivity index (χ3v) is 3.35. The molecule has 1 aromatic heterocycles. The van der Waals surface area contributed by atoms with Crippen molar-refractivity contribution >= 4 is 0 Å². The molecular formula is C16H31N3O. The van der Waals surface area contributed by atoms with Gasteiger partial charge in [0.1, 0.15) is 5.76 Å². The summed E-state index contributed by atoms with van der Waals surface area (Å²) in [6.45, 7) is 10.6. The Balaban J connectivity index is 2.52. The fraction of sp³-hybridized carbons (Fsp3) is 0.750. The molecule has 0 unspecified atom stereocenters. The number of nitrogens with zero attached hydrogens (tertiary/aromatic N) is 2. The maximum Gasteiger partial charge on any atom is 0.122 e. The largest absolute Gasteiger partial charge is 0.468 e. The molecule has 0 fully saturated rings. The van der Waals surface area contributed by atoms with E-state index in [0.29, 0.717) is 0 Å². The van der Waals surface area contributed by atoms with Gasteiger partial charge in [0.05, 0.1) is 12.8 Å². The molecule has 0 aliphatic carbocycles. The smallest absolute Gasteiger partial charge is 0.122 e. The molecule has 0 spiro atoms. The van der Waals surface area contributed by atoms with Gasteiger partial charge < -0.3 is 14.6 Å². The van der Waals surface area contributed by atoms with Gasteiger partial charge in [0, 0.05) is 25.2 Å². The molecule has 1 aromatic rings. The van der Waals surface area contributed by atoms with Crippen molar-refractivity contribution < 1.29 is 4.42 Å². The molecule has 1 heterocycles. The molecule has 0 saturated heterocycles. The highest BCUT2D eigenvalue weighted by Crippen LogP contribution is 2.13. The van der Waals surface area contributed by atoms with Crippen molar-refractivity contribution in [1.29, 1.82) is 0 Å². The standard InChI is InChI=1S/C16H31N3O/c1-5-8-17-13-16-15(7-12-20-16)14-19(9-6-2)11-10-18(3)4/h7,12,17H,5-6,8-11,13-14H2,1-4H3. The van der Waals surface area contributed by atoms with Gasteiger partial charge in [0.15, 0.2) is 0 Å². The molecule has 4 nitrogen and oxygen atoms in total. The molecule has 0 saturated carbocycles. The van der Waals surface area contributed by atoms with Gasteiger partial charge in [-0.25, -0.2) is 0 Å². The predicted octanol–water partition coefficient (Wildman–Crippen LogP) is 2.55. The first-order valence-electron chi connectivity index (χ1n) is 7.80. The van der Waals surface area contributed by atoms with Crippen molar-refractivity contribution in [3.8, 4) is 0 Å². The monoisotopic (exact) mass is 281 g/mol. The van der Waals surface area contributed by atoms with Crippen LogP contribution in [0.3, 0.4) is 0 Å². The Labute approximate surface area is 124 Å². The van der Waals surface area contributed by atoms with Crippen LogP contribution in [0, 0.1) is 0 Å². The van der Waals surface area contributed by atoms with Gasteiger partial charge >= 0.3 is 0 Å². The van der Waals surface area contributed by atoms with E-state index in [2.05, 4.69) is 49.1 Å². The molecule has 0 bridgehead atoms. The molecule has 20 heavy (non-hydrogen) atoms. The van der Waals surface area contributed by atoms with Crippen molar-refractivity contribution in [2.75, 3.05) is 40.3 Å². The number of likely N-dealkylation sites (N-methyl/N-ethyl adjacent to an activating group) is 1. The van der Waals surface area contributed by atoms with Crippen LogP contribution in [0.4, 0.5) is 0 Å². The van der Waals surface area contributed by atoms with E-state index >= 15 is 0 Å². The molecule has 0 radical (unpaired) electrons. The third-order valence-electron chi connectivity index (χ3n) is 3.35. The highest BCUT2D eigenvalue weighted by Gasteiger charge is 2.11. The van der Waals surface area contributed by atoms with Crippen LogP contribution in [0.15, 0.2) is 16.7 Å². The maximum absolute atomic E-state index is 5.62. The molecular weight excluding hydrogens is 250 g/mol. The Kier molecular flexibility index (Phi) is 8.58. The van der Waals surface area contributed by atoms with Crippen LogP contribution in [0.5, 0.6) is 0 Å². The third kappa shape index (κ3) is 6.55. The van der Waals surface area contributed by atoms with Crippen LogP contribution in [0.25, 0.3) is 0 Å². The van der Waals surface area contributed by atoms with Gasteiger partial charge in [-0.05, 0) is 46.1 Å². The minimum atomic E-state index is 0.837. The summed E-state index contributed by atoms with van der Waals surface area (Å²) in [6, 6.07) is 2.11. The summed E-state index contributed by atoms with van der Waals surface area (Å²) in [7, 11) is 4.25. The zero-order valence-corrected chi connectivity index (χ0v) is 13.6. The summed E-state index contributed by atoms with van der Waals surface area (Å²) in [6.07, 6.45) is 4.16. The second kappa shape index (κ2) is 9.97. The van der Waals surface area contributed by atoms with Crippen LogP contribution >= 0.6 is 0 Å². The predicted molar refractivity (Wildman–Crippen MR) is 84.8 cm³/mol. The zero-order valence-electron chi connectivity index (χ0n) is 13.6. The van der Waals surface area contributed by atoms with E-state index < -0.39 is 0 Å². The van der Waals surface area contributed by atoms with Gasteiger partial charge in [0.2, 0.25) is 0 Å². The van der Waals surface area contributed by atoms with E-state index in [1.807, 2.05) is 6.26 Å². The van der Waals surface area contributed by atoms with Gasteiger partial charge in [-0.1, -0.05) is 13.8 Å². The molecule has 0 atom stereocenters. The fourth-order valence-electron chi connectivity index (χ4n) is 2.21. The summed E-state index contributed by atoms with van der Waals surface area (Å²) in [5.41, 5.74) is 1.32. The summed E-state index contributed by atoms with van der Waals surface area (Å²) in [4.78, 5) is 4.75. The van der Waals surface area contributed by atoms with Crippen LogP contribution < -0.4 is 5.32 Å². The summed E-state index contributed by atoms with van der Waals surface area (Å²) in [5.74, 6) is 1.09. The van der Waals surface area contributed by atoms with Crippen molar-refractivity contribution in [3.05, 3.63) is 23.7 Å². The van der Waals surface area contributed by atoms with Crippen LogP contribution in [0.2, 0.25) is 0 Å². The van der Waals surface area contributed by atoms with Crippen molar-refractivity contribution in [1.82, 2.24) is 15.1 Å². The molecule has 1 N–H and O–H groups in total. The number of rotatable bonds is 11. The SMILES string of the molecule is CCCNCc1occc1CN(CCC)CCN(C)C. The van der Waals surface area contributed by atoms with Crippen LogP contribution in [0.1, 0.15) is 38.0 Å². The van der Waals surface area contributed by atoms with Gasteiger partial charge in [-0.3, -0.25) is 4.90 Å². The van der Waals surface area contributed by atoms with E-state index in [0.717, 1.165) is 51.4 Å². The highest BCUT2D eigenvalue weighted by molar-refractivity contribution is 5.16. The van der Waals surface area contributed by atoms with Crippen molar-refractivity contribution in [2.24, 2.45) is 0 Å². The van der Waals surface area contributed by atoms with Gasteiger partial charge in [-0.2, -0.15) is 0 Å². The first kappa shape index (κ1) is 17.2. The maximum atomic E-state index is 5.62. The number of hydrogen-bond donors (Lipinski definition) is 1. The molecule has 116 valence electrons.